The first-order chi connectivity index (χ1) is 11.4. The summed E-state index contributed by atoms with van der Waals surface area (Å²) < 4.78 is 11.4. The van der Waals surface area contributed by atoms with Crippen molar-refractivity contribution in [3.63, 3.8) is 0 Å². The van der Waals surface area contributed by atoms with Gasteiger partial charge in [0, 0.05) is 5.56 Å². The minimum absolute atomic E-state index is 0.194. The molecule has 0 radical (unpaired) electrons. The van der Waals surface area contributed by atoms with Gasteiger partial charge in [-0.25, -0.2) is 0 Å². The molecule has 0 aromatic heterocycles. The molecule has 0 saturated carbocycles. The zero-order valence-electron chi connectivity index (χ0n) is 14.5. The summed E-state index contributed by atoms with van der Waals surface area (Å²) in [6.07, 6.45) is 1.11. The van der Waals surface area contributed by atoms with E-state index in [0.717, 1.165) is 23.5 Å². The summed E-state index contributed by atoms with van der Waals surface area (Å²) in [5, 5.41) is 0. The van der Waals surface area contributed by atoms with Gasteiger partial charge in [-0.05, 0) is 53.8 Å². The van der Waals surface area contributed by atoms with E-state index in [1.165, 1.54) is 5.56 Å². The normalized spacial score (nSPS) is 11.1. The maximum absolute atomic E-state index is 5.73. The van der Waals surface area contributed by atoms with Gasteiger partial charge in [-0.1, -0.05) is 45.1 Å². The summed E-state index contributed by atoms with van der Waals surface area (Å²) in [4.78, 5) is 0.389. The molecule has 0 saturated heterocycles. The van der Waals surface area contributed by atoms with Crippen molar-refractivity contribution >= 4 is 17.2 Å². The summed E-state index contributed by atoms with van der Waals surface area (Å²) in [6, 6.07) is 15.7. The van der Waals surface area contributed by atoms with Gasteiger partial charge >= 0.3 is 0 Å². The van der Waals surface area contributed by atoms with Gasteiger partial charge in [0.15, 0.2) is 0 Å². The highest BCUT2D eigenvalue weighted by Crippen LogP contribution is 2.28. The molecule has 0 aliphatic carbocycles. The lowest BCUT2D eigenvalue weighted by Crippen LogP contribution is -2.15. The minimum Gasteiger partial charge on any atom is -0.490 e. The minimum atomic E-state index is 0.194. The Labute approximate surface area is 149 Å². The van der Waals surface area contributed by atoms with E-state index in [9.17, 15) is 0 Å². The fraction of sp³-hybridized carbons (Fsp3) is 0.350. The van der Waals surface area contributed by atoms with Crippen LogP contribution in [0.3, 0.4) is 0 Å². The molecule has 0 amide bonds. The van der Waals surface area contributed by atoms with Crippen LogP contribution in [-0.2, 0) is 5.41 Å². The van der Waals surface area contributed by atoms with Gasteiger partial charge in [-0.15, -0.1) is 0 Å². The van der Waals surface area contributed by atoms with Crippen molar-refractivity contribution < 1.29 is 9.47 Å². The molecule has 0 fully saturated rings. The van der Waals surface area contributed by atoms with E-state index in [1.807, 2.05) is 36.4 Å². The summed E-state index contributed by atoms with van der Waals surface area (Å²) in [6.45, 7) is 7.68. The Kier molecular flexibility index (Phi) is 6.21. The molecular formula is C20H25NO2S. The van der Waals surface area contributed by atoms with Crippen LogP contribution in [0.25, 0.3) is 0 Å². The molecule has 2 rings (SSSR count). The van der Waals surface area contributed by atoms with Crippen LogP contribution in [0.15, 0.2) is 48.5 Å². The van der Waals surface area contributed by atoms with E-state index in [-0.39, 0.29) is 5.41 Å². The van der Waals surface area contributed by atoms with Gasteiger partial charge in [0.25, 0.3) is 0 Å². The fourth-order valence-electron chi connectivity index (χ4n) is 2.24. The average molecular weight is 343 g/mol. The number of ether oxygens (including phenoxy) is 2. The summed E-state index contributed by atoms with van der Waals surface area (Å²) in [5.74, 6) is 1.64. The van der Waals surface area contributed by atoms with Crippen LogP contribution in [0.5, 0.6) is 11.5 Å². The van der Waals surface area contributed by atoms with Crippen LogP contribution in [0, 0.1) is 0 Å². The van der Waals surface area contributed by atoms with Crippen molar-refractivity contribution in [1.82, 2.24) is 0 Å². The van der Waals surface area contributed by atoms with Crippen molar-refractivity contribution in [1.29, 1.82) is 0 Å². The average Bonchev–Trinajstić information content (AvgIpc) is 2.59. The third kappa shape index (κ3) is 4.96. The molecule has 128 valence electrons. The lowest BCUT2D eigenvalue weighted by atomic mass is 9.82. The summed E-state index contributed by atoms with van der Waals surface area (Å²) >= 11 is 4.92. The van der Waals surface area contributed by atoms with Gasteiger partial charge < -0.3 is 15.2 Å². The number of rotatable bonds is 8. The predicted octanol–water partition coefficient (Wildman–Crippen LogP) is 4.47. The van der Waals surface area contributed by atoms with Gasteiger partial charge in [-0.2, -0.15) is 0 Å². The largest absolute Gasteiger partial charge is 0.490 e. The Balaban J connectivity index is 1.79. The highest BCUT2D eigenvalue weighted by atomic mass is 32.1. The first kappa shape index (κ1) is 18.3. The third-order valence-corrected chi connectivity index (χ3v) is 4.52. The van der Waals surface area contributed by atoms with Crippen LogP contribution in [0.4, 0.5) is 0 Å². The van der Waals surface area contributed by atoms with Crippen molar-refractivity contribution in [3.05, 3.63) is 59.7 Å². The topological polar surface area (TPSA) is 44.5 Å². The number of thiocarbonyl (C=S) groups is 1. The second-order valence-corrected chi connectivity index (χ2v) is 6.79. The smallest absolute Gasteiger partial charge is 0.122 e. The van der Waals surface area contributed by atoms with Crippen molar-refractivity contribution in [2.45, 2.75) is 32.6 Å². The quantitative estimate of drug-likeness (QED) is 0.567. The van der Waals surface area contributed by atoms with Crippen LogP contribution in [0.2, 0.25) is 0 Å². The highest BCUT2D eigenvalue weighted by Gasteiger charge is 2.17. The summed E-state index contributed by atoms with van der Waals surface area (Å²) in [7, 11) is 0. The molecule has 0 aliphatic rings. The SMILES string of the molecule is CCC(C)(C)c1ccc(OCCOc2ccc(C(N)=S)cc2)cc1. The van der Waals surface area contributed by atoms with Gasteiger partial charge in [0.2, 0.25) is 0 Å². The Hall–Kier alpha value is -2.07. The first-order valence-electron chi connectivity index (χ1n) is 8.18. The zero-order valence-corrected chi connectivity index (χ0v) is 15.4. The monoisotopic (exact) mass is 343 g/mol. The number of benzene rings is 2. The first-order valence-corrected chi connectivity index (χ1v) is 8.59. The van der Waals surface area contributed by atoms with Gasteiger partial charge in [0.1, 0.15) is 29.7 Å². The molecule has 0 spiro atoms. The molecule has 3 nitrogen and oxygen atoms in total. The van der Waals surface area contributed by atoms with E-state index in [0.29, 0.717) is 18.2 Å². The molecule has 0 aliphatic heterocycles. The van der Waals surface area contributed by atoms with Crippen LogP contribution in [0.1, 0.15) is 38.3 Å². The third-order valence-electron chi connectivity index (χ3n) is 4.28. The predicted molar refractivity (Wildman–Crippen MR) is 103 cm³/mol. The lowest BCUT2D eigenvalue weighted by molar-refractivity contribution is 0.217. The molecule has 0 heterocycles. The van der Waals surface area contributed by atoms with Crippen LogP contribution < -0.4 is 15.2 Å². The van der Waals surface area contributed by atoms with Crippen molar-refractivity contribution in [3.8, 4) is 11.5 Å². The lowest BCUT2D eigenvalue weighted by Gasteiger charge is -2.23. The Bertz CT molecular complexity index is 663. The van der Waals surface area contributed by atoms with Crippen molar-refractivity contribution in [2.24, 2.45) is 5.73 Å². The molecule has 2 N–H and O–H groups in total. The van der Waals surface area contributed by atoms with Gasteiger partial charge in [0.05, 0.1) is 0 Å². The maximum atomic E-state index is 5.73. The van der Waals surface area contributed by atoms with Gasteiger partial charge in [-0.3, -0.25) is 0 Å². The number of hydrogen-bond acceptors (Lipinski definition) is 3. The standard InChI is InChI=1S/C20H25NO2S/c1-4-20(2,3)16-7-11-18(12-8-16)23-14-13-22-17-9-5-15(6-10-17)19(21)24/h5-12H,4,13-14H2,1-3H3,(H2,21,24). The van der Waals surface area contributed by atoms with E-state index in [2.05, 4.69) is 32.9 Å². The molecule has 2 aromatic rings. The number of nitrogens with two attached hydrogens (primary N) is 1. The Morgan fingerprint density at radius 3 is 1.79 bits per heavy atom. The molecule has 0 bridgehead atoms. The molecule has 0 atom stereocenters. The van der Waals surface area contributed by atoms with E-state index in [1.54, 1.807) is 0 Å². The molecule has 24 heavy (non-hydrogen) atoms. The second-order valence-electron chi connectivity index (χ2n) is 6.35. The molecule has 0 unspecified atom stereocenters. The van der Waals surface area contributed by atoms with Crippen molar-refractivity contribution in [2.75, 3.05) is 13.2 Å². The summed E-state index contributed by atoms with van der Waals surface area (Å²) in [5.41, 5.74) is 7.92. The van der Waals surface area contributed by atoms with E-state index in [4.69, 9.17) is 27.4 Å². The number of hydrogen-bond donors (Lipinski definition) is 1. The second kappa shape index (κ2) is 8.15. The van der Waals surface area contributed by atoms with Crippen LogP contribution in [-0.4, -0.2) is 18.2 Å². The maximum Gasteiger partial charge on any atom is 0.122 e. The van der Waals surface area contributed by atoms with E-state index < -0.39 is 0 Å². The fourth-order valence-corrected chi connectivity index (χ4v) is 2.38. The Morgan fingerprint density at radius 2 is 1.38 bits per heavy atom. The zero-order chi connectivity index (χ0) is 17.6. The van der Waals surface area contributed by atoms with Crippen LogP contribution >= 0.6 is 12.2 Å². The molecule has 4 heteroatoms. The molecule has 2 aromatic carbocycles. The highest BCUT2D eigenvalue weighted by molar-refractivity contribution is 7.80. The van der Waals surface area contributed by atoms with E-state index >= 15 is 0 Å². The molecular weight excluding hydrogens is 318 g/mol. The Morgan fingerprint density at radius 1 is 0.917 bits per heavy atom.